The van der Waals surface area contributed by atoms with Crippen molar-refractivity contribution in [2.24, 2.45) is 0 Å². The zero-order chi connectivity index (χ0) is 11.3. The van der Waals surface area contributed by atoms with Crippen LogP contribution >= 0.6 is 34.8 Å². The minimum atomic E-state index is 0.0458. The highest BCUT2D eigenvalue weighted by molar-refractivity contribution is 6.42. The van der Waals surface area contributed by atoms with E-state index >= 15 is 0 Å². The first-order chi connectivity index (χ1) is 7.13. The Balaban J connectivity index is 2.47. The fourth-order valence-corrected chi connectivity index (χ4v) is 1.84. The van der Waals surface area contributed by atoms with Crippen LogP contribution in [0.5, 0.6) is 0 Å². The van der Waals surface area contributed by atoms with Crippen molar-refractivity contribution in [2.75, 3.05) is 13.7 Å². The Bertz CT molecular complexity index is 315. The standard InChI is InChI=1S/C11H13Cl3O/c1-15-7-9(12)4-2-8-3-5-10(13)11(14)6-8/h3,5-6,9H,2,4,7H2,1H3. The molecule has 0 saturated heterocycles. The highest BCUT2D eigenvalue weighted by atomic mass is 35.5. The second kappa shape index (κ2) is 6.59. The van der Waals surface area contributed by atoms with Crippen molar-refractivity contribution in [2.45, 2.75) is 18.2 Å². The van der Waals surface area contributed by atoms with Crippen molar-refractivity contribution in [3.63, 3.8) is 0 Å². The number of hydrogen-bond acceptors (Lipinski definition) is 1. The van der Waals surface area contributed by atoms with Crippen LogP contribution in [0, 0.1) is 0 Å². The van der Waals surface area contributed by atoms with Crippen LogP contribution in [0.1, 0.15) is 12.0 Å². The van der Waals surface area contributed by atoms with Crippen LogP contribution in [0.4, 0.5) is 0 Å². The molecular weight excluding hydrogens is 254 g/mol. The van der Waals surface area contributed by atoms with E-state index in [1.807, 2.05) is 12.1 Å². The lowest BCUT2D eigenvalue weighted by molar-refractivity contribution is 0.195. The molecule has 1 rings (SSSR count). The van der Waals surface area contributed by atoms with Crippen LogP contribution in [-0.2, 0) is 11.2 Å². The van der Waals surface area contributed by atoms with E-state index in [9.17, 15) is 0 Å². The average molecular weight is 268 g/mol. The normalized spacial score (nSPS) is 12.8. The zero-order valence-electron chi connectivity index (χ0n) is 8.47. The molecule has 1 aromatic rings. The van der Waals surface area contributed by atoms with Gasteiger partial charge in [-0.3, -0.25) is 0 Å². The first-order valence-corrected chi connectivity index (χ1v) is 5.89. The van der Waals surface area contributed by atoms with Gasteiger partial charge in [-0.15, -0.1) is 11.6 Å². The molecule has 0 amide bonds. The van der Waals surface area contributed by atoms with Crippen molar-refractivity contribution in [3.8, 4) is 0 Å². The van der Waals surface area contributed by atoms with Gasteiger partial charge >= 0.3 is 0 Å². The molecule has 1 unspecified atom stereocenters. The van der Waals surface area contributed by atoms with Gasteiger partial charge in [-0.2, -0.15) is 0 Å². The Hall–Kier alpha value is 0.0500. The van der Waals surface area contributed by atoms with Crippen LogP contribution in [0.25, 0.3) is 0 Å². The molecule has 1 nitrogen and oxygen atoms in total. The van der Waals surface area contributed by atoms with Gasteiger partial charge in [0.2, 0.25) is 0 Å². The molecule has 0 heterocycles. The molecule has 0 spiro atoms. The Morgan fingerprint density at radius 1 is 1.27 bits per heavy atom. The monoisotopic (exact) mass is 266 g/mol. The van der Waals surface area contributed by atoms with Gasteiger partial charge in [-0.05, 0) is 30.5 Å². The molecule has 0 N–H and O–H groups in total. The van der Waals surface area contributed by atoms with E-state index in [1.165, 1.54) is 0 Å². The maximum absolute atomic E-state index is 6.02. The summed E-state index contributed by atoms with van der Waals surface area (Å²) in [5.74, 6) is 0. The van der Waals surface area contributed by atoms with E-state index in [1.54, 1.807) is 13.2 Å². The van der Waals surface area contributed by atoms with Gasteiger partial charge in [0.25, 0.3) is 0 Å². The Morgan fingerprint density at radius 2 is 2.00 bits per heavy atom. The SMILES string of the molecule is COCC(Cl)CCc1ccc(Cl)c(Cl)c1. The number of alkyl halides is 1. The lowest BCUT2D eigenvalue weighted by atomic mass is 10.1. The number of benzene rings is 1. The van der Waals surface area contributed by atoms with Gasteiger partial charge in [0, 0.05) is 7.11 Å². The van der Waals surface area contributed by atoms with Crippen LogP contribution < -0.4 is 0 Å². The summed E-state index contributed by atoms with van der Waals surface area (Å²) in [6.07, 6.45) is 1.75. The molecule has 0 saturated carbocycles. The van der Waals surface area contributed by atoms with Crippen LogP contribution in [0.2, 0.25) is 10.0 Å². The van der Waals surface area contributed by atoms with Crippen molar-refractivity contribution < 1.29 is 4.74 Å². The smallest absolute Gasteiger partial charge is 0.0626 e. The lowest BCUT2D eigenvalue weighted by Crippen LogP contribution is -2.08. The molecule has 0 bridgehead atoms. The molecule has 0 aliphatic rings. The molecule has 15 heavy (non-hydrogen) atoms. The molecule has 0 aromatic heterocycles. The summed E-state index contributed by atoms with van der Waals surface area (Å²) in [7, 11) is 1.65. The number of rotatable bonds is 5. The molecule has 84 valence electrons. The summed E-state index contributed by atoms with van der Waals surface area (Å²) in [5.41, 5.74) is 1.14. The number of aryl methyl sites for hydroxylation is 1. The van der Waals surface area contributed by atoms with Crippen LogP contribution in [0.15, 0.2) is 18.2 Å². The molecular formula is C11H13Cl3O. The van der Waals surface area contributed by atoms with Crippen LogP contribution in [-0.4, -0.2) is 19.1 Å². The number of ether oxygens (including phenoxy) is 1. The maximum atomic E-state index is 6.02. The third-order valence-corrected chi connectivity index (χ3v) is 3.16. The van der Waals surface area contributed by atoms with Crippen molar-refractivity contribution in [3.05, 3.63) is 33.8 Å². The van der Waals surface area contributed by atoms with Gasteiger partial charge in [-0.1, -0.05) is 29.3 Å². The first kappa shape index (κ1) is 13.1. The summed E-state index contributed by atoms with van der Waals surface area (Å²) >= 11 is 17.7. The van der Waals surface area contributed by atoms with E-state index in [-0.39, 0.29) is 5.38 Å². The quantitative estimate of drug-likeness (QED) is 0.727. The summed E-state index contributed by atoms with van der Waals surface area (Å²) in [4.78, 5) is 0. The number of hydrogen-bond donors (Lipinski definition) is 0. The molecule has 0 fully saturated rings. The largest absolute Gasteiger partial charge is 0.383 e. The average Bonchev–Trinajstić information content (AvgIpc) is 2.20. The Kier molecular flexibility index (Phi) is 5.77. The number of halogens is 3. The van der Waals surface area contributed by atoms with Gasteiger partial charge in [0.1, 0.15) is 0 Å². The van der Waals surface area contributed by atoms with E-state index < -0.39 is 0 Å². The zero-order valence-corrected chi connectivity index (χ0v) is 10.7. The Morgan fingerprint density at radius 3 is 2.60 bits per heavy atom. The lowest BCUT2D eigenvalue weighted by Gasteiger charge is -2.08. The summed E-state index contributed by atoms with van der Waals surface area (Å²) in [6, 6.07) is 5.64. The van der Waals surface area contributed by atoms with Gasteiger partial charge in [0.15, 0.2) is 0 Å². The van der Waals surface area contributed by atoms with Crippen molar-refractivity contribution in [1.82, 2.24) is 0 Å². The third-order valence-electron chi connectivity index (χ3n) is 2.08. The van der Waals surface area contributed by atoms with Gasteiger partial charge < -0.3 is 4.74 Å². The van der Waals surface area contributed by atoms with Crippen LogP contribution in [0.3, 0.4) is 0 Å². The highest BCUT2D eigenvalue weighted by Gasteiger charge is 2.05. The summed E-state index contributed by atoms with van der Waals surface area (Å²) < 4.78 is 4.96. The van der Waals surface area contributed by atoms with E-state index in [0.29, 0.717) is 16.7 Å². The Labute approximate surface area is 105 Å². The molecule has 0 radical (unpaired) electrons. The third kappa shape index (κ3) is 4.60. The number of methoxy groups -OCH3 is 1. The van der Waals surface area contributed by atoms with Gasteiger partial charge in [0.05, 0.1) is 22.0 Å². The second-order valence-electron chi connectivity index (χ2n) is 3.34. The predicted molar refractivity (Wildman–Crippen MR) is 66.3 cm³/mol. The second-order valence-corrected chi connectivity index (χ2v) is 4.77. The molecule has 1 atom stereocenters. The van der Waals surface area contributed by atoms with Crippen molar-refractivity contribution in [1.29, 1.82) is 0 Å². The van der Waals surface area contributed by atoms with Crippen molar-refractivity contribution >= 4 is 34.8 Å². The van der Waals surface area contributed by atoms with E-state index in [4.69, 9.17) is 39.5 Å². The van der Waals surface area contributed by atoms with Gasteiger partial charge in [-0.25, -0.2) is 0 Å². The molecule has 0 aliphatic carbocycles. The minimum Gasteiger partial charge on any atom is -0.383 e. The minimum absolute atomic E-state index is 0.0458. The fourth-order valence-electron chi connectivity index (χ4n) is 1.28. The summed E-state index contributed by atoms with van der Waals surface area (Å²) in [5, 5.41) is 1.22. The maximum Gasteiger partial charge on any atom is 0.0626 e. The highest BCUT2D eigenvalue weighted by Crippen LogP contribution is 2.23. The molecule has 1 aromatic carbocycles. The molecule has 4 heteroatoms. The topological polar surface area (TPSA) is 9.23 Å². The van der Waals surface area contributed by atoms with E-state index in [2.05, 4.69) is 0 Å². The first-order valence-electron chi connectivity index (χ1n) is 4.70. The fraction of sp³-hybridized carbons (Fsp3) is 0.455. The predicted octanol–water partition coefficient (Wildman–Crippen LogP) is 4.18. The van der Waals surface area contributed by atoms with E-state index in [0.717, 1.165) is 18.4 Å². The molecule has 0 aliphatic heterocycles. The summed E-state index contributed by atoms with van der Waals surface area (Å²) in [6.45, 7) is 0.572.